The number of Topliss-reactive ketones (excluding diaryl/α,β-unsaturated/α-hetero) is 1. The number of carbonyl (C=O) groups excluding carboxylic acids is 2. The summed E-state index contributed by atoms with van der Waals surface area (Å²) < 4.78 is 6.89. The highest BCUT2D eigenvalue weighted by atomic mass is 35.5. The summed E-state index contributed by atoms with van der Waals surface area (Å²) >= 11 is 5.97. The molecule has 4 rings (SSSR count). The number of halogens is 1. The Balaban J connectivity index is 1.81. The number of benzene rings is 2. The fraction of sp³-hybridized carbons (Fsp3) is 0.130. The number of esters is 1. The minimum Gasteiger partial charge on any atom is -0.454 e. The van der Waals surface area contributed by atoms with Crippen molar-refractivity contribution in [3.05, 3.63) is 83.0 Å². The monoisotopic (exact) mass is 419 g/mol. The van der Waals surface area contributed by atoms with Crippen LogP contribution in [-0.2, 0) is 16.1 Å². The van der Waals surface area contributed by atoms with Gasteiger partial charge in [0.2, 0.25) is 0 Å². The highest BCUT2D eigenvalue weighted by Gasteiger charge is 2.19. The van der Waals surface area contributed by atoms with E-state index in [1.54, 1.807) is 16.9 Å². The maximum Gasteiger partial charge on any atom is 0.339 e. The lowest BCUT2D eigenvalue weighted by molar-refractivity contribution is -0.120. The van der Waals surface area contributed by atoms with Crippen molar-refractivity contribution in [1.29, 1.82) is 0 Å². The fourth-order valence-electron chi connectivity index (χ4n) is 3.10. The van der Waals surface area contributed by atoms with Crippen molar-refractivity contribution >= 4 is 34.4 Å². The molecule has 0 aliphatic carbocycles. The SMILES string of the molecule is CC(=O)COC(=O)c1cc(-c2ccccc2)nc2c1cnn2Cc1ccc(Cl)cc1. The minimum absolute atomic E-state index is 0.227. The molecule has 7 heteroatoms. The van der Waals surface area contributed by atoms with Crippen molar-refractivity contribution in [1.82, 2.24) is 14.8 Å². The summed E-state index contributed by atoms with van der Waals surface area (Å²) in [6.07, 6.45) is 1.59. The van der Waals surface area contributed by atoms with Crippen LogP contribution >= 0.6 is 11.6 Å². The number of rotatable bonds is 6. The predicted molar refractivity (Wildman–Crippen MR) is 114 cm³/mol. The Labute approximate surface area is 178 Å². The van der Waals surface area contributed by atoms with Gasteiger partial charge in [0.15, 0.2) is 11.4 Å². The van der Waals surface area contributed by atoms with Gasteiger partial charge in [0.1, 0.15) is 6.61 Å². The Morgan fingerprint density at radius 3 is 2.50 bits per heavy atom. The van der Waals surface area contributed by atoms with E-state index in [0.717, 1.165) is 11.1 Å². The first-order valence-electron chi connectivity index (χ1n) is 9.34. The van der Waals surface area contributed by atoms with E-state index in [1.807, 2.05) is 54.6 Å². The summed E-state index contributed by atoms with van der Waals surface area (Å²) in [7, 11) is 0. The summed E-state index contributed by atoms with van der Waals surface area (Å²) in [6, 6.07) is 18.7. The zero-order chi connectivity index (χ0) is 21.1. The number of hydrogen-bond acceptors (Lipinski definition) is 5. The molecule has 6 nitrogen and oxygen atoms in total. The number of nitrogens with zero attached hydrogens (tertiary/aromatic N) is 3. The van der Waals surface area contributed by atoms with Gasteiger partial charge in [-0.15, -0.1) is 0 Å². The lowest BCUT2D eigenvalue weighted by Crippen LogP contribution is -2.12. The van der Waals surface area contributed by atoms with Gasteiger partial charge < -0.3 is 4.74 Å². The Morgan fingerprint density at radius 2 is 1.80 bits per heavy atom. The molecule has 0 aliphatic heterocycles. The van der Waals surface area contributed by atoms with Crippen molar-refractivity contribution in [2.24, 2.45) is 0 Å². The standard InChI is InChI=1S/C23H18ClN3O3/c1-15(28)14-30-23(29)19-11-21(17-5-3-2-4-6-17)26-22-20(19)12-25-27(22)13-16-7-9-18(24)10-8-16/h2-12H,13-14H2,1H3. The number of fused-ring (bicyclic) bond motifs is 1. The van der Waals surface area contributed by atoms with E-state index in [0.29, 0.717) is 33.9 Å². The molecule has 150 valence electrons. The quantitative estimate of drug-likeness (QED) is 0.429. The second kappa shape index (κ2) is 8.47. The molecule has 0 unspecified atom stereocenters. The molecule has 30 heavy (non-hydrogen) atoms. The van der Waals surface area contributed by atoms with Gasteiger partial charge in [-0.2, -0.15) is 5.10 Å². The van der Waals surface area contributed by atoms with Crippen LogP contribution in [0.2, 0.25) is 5.02 Å². The van der Waals surface area contributed by atoms with Crippen molar-refractivity contribution in [2.45, 2.75) is 13.5 Å². The molecule has 0 radical (unpaired) electrons. The third-order valence-electron chi connectivity index (χ3n) is 4.55. The maximum absolute atomic E-state index is 12.7. The highest BCUT2D eigenvalue weighted by molar-refractivity contribution is 6.30. The van der Waals surface area contributed by atoms with E-state index in [2.05, 4.69) is 5.10 Å². The first-order valence-corrected chi connectivity index (χ1v) is 9.72. The topological polar surface area (TPSA) is 74.1 Å². The Kier molecular flexibility index (Phi) is 5.59. The van der Waals surface area contributed by atoms with E-state index in [4.69, 9.17) is 21.3 Å². The summed E-state index contributed by atoms with van der Waals surface area (Å²) in [6.45, 7) is 1.56. The Hall–Kier alpha value is -3.51. The first-order chi connectivity index (χ1) is 14.5. The van der Waals surface area contributed by atoms with Crippen molar-refractivity contribution in [3.8, 4) is 11.3 Å². The van der Waals surface area contributed by atoms with Gasteiger partial charge in [-0.1, -0.05) is 54.1 Å². The molecule has 2 aromatic carbocycles. The van der Waals surface area contributed by atoms with Gasteiger partial charge in [-0.3, -0.25) is 4.79 Å². The molecule has 0 bridgehead atoms. The van der Waals surface area contributed by atoms with Crippen LogP contribution in [0.4, 0.5) is 0 Å². The molecule has 0 spiro atoms. The number of hydrogen-bond donors (Lipinski definition) is 0. The average molecular weight is 420 g/mol. The lowest BCUT2D eigenvalue weighted by atomic mass is 10.1. The van der Waals surface area contributed by atoms with Crippen LogP contribution in [0, 0.1) is 0 Å². The number of carbonyl (C=O) groups is 2. The third kappa shape index (κ3) is 4.23. The molecule has 0 fully saturated rings. The first kappa shape index (κ1) is 19.8. The zero-order valence-corrected chi connectivity index (χ0v) is 17.0. The van der Waals surface area contributed by atoms with Gasteiger partial charge in [0, 0.05) is 10.6 Å². The van der Waals surface area contributed by atoms with Crippen molar-refractivity contribution in [3.63, 3.8) is 0 Å². The highest BCUT2D eigenvalue weighted by Crippen LogP contribution is 2.26. The van der Waals surface area contributed by atoms with E-state index in [9.17, 15) is 9.59 Å². The third-order valence-corrected chi connectivity index (χ3v) is 4.80. The maximum atomic E-state index is 12.7. The van der Waals surface area contributed by atoms with Crippen LogP contribution < -0.4 is 0 Å². The zero-order valence-electron chi connectivity index (χ0n) is 16.2. The molecule has 0 atom stereocenters. The second-order valence-corrected chi connectivity index (χ2v) is 7.30. The molecule has 2 heterocycles. The van der Waals surface area contributed by atoms with Crippen molar-refractivity contribution < 1.29 is 14.3 Å². The van der Waals surface area contributed by atoms with Crippen LogP contribution in [0.15, 0.2) is 66.9 Å². The largest absolute Gasteiger partial charge is 0.454 e. The smallest absolute Gasteiger partial charge is 0.339 e. The summed E-state index contributed by atoms with van der Waals surface area (Å²) in [5.41, 5.74) is 3.36. The normalized spacial score (nSPS) is 10.9. The van der Waals surface area contributed by atoms with Gasteiger partial charge in [0.25, 0.3) is 0 Å². The molecule has 0 aliphatic rings. The fourth-order valence-corrected chi connectivity index (χ4v) is 3.22. The second-order valence-electron chi connectivity index (χ2n) is 6.87. The molecule has 4 aromatic rings. The Bertz CT molecular complexity index is 1220. The van der Waals surface area contributed by atoms with Gasteiger partial charge in [-0.05, 0) is 30.7 Å². The molecular weight excluding hydrogens is 402 g/mol. The molecule has 2 aromatic heterocycles. The van der Waals surface area contributed by atoms with E-state index in [-0.39, 0.29) is 12.4 Å². The number of aromatic nitrogens is 3. The molecule has 0 saturated carbocycles. The van der Waals surface area contributed by atoms with Crippen LogP contribution in [0.1, 0.15) is 22.8 Å². The minimum atomic E-state index is -0.583. The predicted octanol–water partition coefficient (Wildman–Crippen LogP) is 4.55. The lowest BCUT2D eigenvalue weighted by Gasteiger charge is -2.09. The summed E-state index contributed by atoms with van der Waals surface area (Å²) in [4.78, 5) is 28.7. The average Bonchev–Trinajstić information content (AvgIpc) is 3.16. The van der Waals surface area contributed by atoms with E-state index in [1.165, 1.54) is 6.92 Å². The number of ether oxygens (including phenoxy) is 1. The van der Waals surface area contributed by atoms with Crippen LogP contribution in [0.5, 0.6) is 0 Å². The van der Waals surface area contributed by atoms with Gasteiger partial charge in [0.05, 0.1) is 29.4 Å². The van der Waals surface area contributed by atoms with E-state index >= 15 is 0 Å². The Morgan fingerprint density at radius 1 is 1.07 bits per heavy atom. The molecular formula is C23H18ClN3O3. The van der Waals surface area contributed by atoms with Crippen LogP contribution in [-0.4, -0.2) is 33.1 Å². The number of pyridine rings is 1. The summed E-state index contributed by atoms with van der Waals surface area (Å²) in [5.74, 6) is -0.809. The van der Waals surface area contributed by atoms with Crippen molar-refractivity contribution in [2.75, 3.05) is 6.61 Å². The summed E-state index contributed by atoms with van der Waals surface area (Å²) in [5, 5.41) is 5.66. The van der Waals surface area contributed by atoms with E-state index < -0.39 is 5.97 Å². The van der Waals surface area contributed by atoms with Crippen LogP contribution in [0.25, 0.3) is 22.3 Å². The van der Waals surface area contributed by atoms with Gasteiger partial charge in [-0.25, -0.2) is 14.5 Å². The molecule has 0 amide bonds. The molecule has 0 N–H and O–H groups in total. The number of ketones is 1. The van der Waals surface area contributed by atoms with Gasteiger partial charge >= 0.3 is 5.97 Å². The van der Waals surface area contributed by atoms with Crippen LogP contribution in [0.3, 0.4) is 0 Å². The molecule has 0 saturated heterocycles.